The first-order valence-electron chi connectivity index (χ1n) is 7.77. The van der Waals surface area contributed by atoms with E-state index in [2.05, 4.69) is 10.6 Å². The molecule has 1 rings (SSSR count). The van der Waals surface area contributed by atoms with Crippen LogP contribution in [0.25, 0.3) is 0 Å². The van der Waals surface area contributed by atoms with Gasteiger partial charge in [-0.2, -0.15) is 0 Å². The number of nitrogens with one attached hydrogen (secondary N) is 2. The zero-order valence-corrected chi connectivity index (χ0v) is 13.9. The second-order valence-electron chi connectivity index (χ2n) is 5.82. The molecule has 11 heteroatoms. The Kier molecular flexibility index (Phi) is 7.30. The smallest absolute Gasteiger partial charge is 0.326 e. The van der Waals surface area contributed by atoms with Crippen molar-refractivity contribution in [1.82, 2.24) is 15.5 Å². The second-order valence-corrected chi connectivity index (χ2v) is 5.82. The highest BCUT2D eigenvalue weighted by atomic mass is 16.4. The lowest BCUT2D eigenvalue weighted by atomic mass is 10.2. The standard InChI is InChI=1S/C14H23N5O6/c1-7(15)13(23)19-4-2-3-9(19)12(22)17-6-11(21)18-8(14(24)25)5-10(16)20/h7-9H,2-6,15H2,1H3,(H2,16,20)(H,17,22)(H,18,21)(H,24,25). The van der Waals surface area contributed by atoms with Crippen molar-refractivity contribution in [3.63, 3.8) is 0 Å². The van der Waals surface area contributed by atoms with Crippen LogP contribution in [-0.4, -0.2) is 70.8 Å². The summed E-state index contributed by atoms with van der Waals surface area (Å²) in [6, 6.07) is -2.92. The van der Waals surface area contributed by atoms with Gasteiger partial charge in [-0.15, -0.1) is 0 Å². The molecule has 4 amide bonds. The molecule has 11 nitrogen and oxygen atoms in total. The van der Waals surface area contributed by atoms with E-state index < -0.39 is 54.8 Å². The minimum Gasteiger partial charge on any atom is -0.480 e. The summed E-state index contributed by atoms with van der Waals surface area (Å²) < 4.78 is 0. The third-order valence-corrected chi connectivity index (χ3v) is 3.69. The molecule has 0 aromatic heterocycles. The number of carbonyl (C=O) groups is 5. The first-order chi connectivity index (χ1) is 11.6. The van der Waals surface area contributed by atoms with Crippen LogP contribution in [0, 0.1) is 0 Å². The molecule has 1 heterocycles. The maximum absolute atomic E-state index is 12.2. The van der Waals surface area contributed by atoms with E-state index >= 15 is 0 Å². The monoisotopic (exact) mass is 357 g/mol. The highest BCUT2D eigenvalue weighted by Crippen LogP contribution is 2.18. The molecule has 1 fully saturated rings. The molecule has 1 saturated heterocycles. The number of aliphatic carboxylic acids is 1. The summed E-state index contributed by atoms with van der Waals surface area (Å²) in [5.74, 6) is -3.96. The van der Waals surface area contributed by atoms with Gasteiger partial charge in [0.2, 0.25) is 23.6 Å². The number of rotatable bonds is 8. The highest BCUT2D eigenvalue weighted by molar-refractivity contribution is 5.93. The molecule has 3 atom stereocenters. The van der Waals surface area contributed by atoms with Crippen molar-refractivity contribution in [1.29, 1.82) is 0 Å². The van der Waals surface area contributed by atoms with Gasteiger partial charge in [0.05, 0.1) is 19.0 Å². The summed E-state index contributed by atoms with van der Waals surface area (Å²) in [6.45, 7) is 1.44. The molecule has 0 aromatic carbocycles. The van der Waals surface area contributed by atoms with Crippen molar-refractivity contribution in [3.8, 4) is 0 Å². The Morgan fingerprint density at radius 3 is 2.44 bits per heavy atom. The zero-order chi connectivity index (χ0) is 19.1. The molecule has 25 heavy (non-hydrogen) atoms. The first kappa shape index (κ1) is 20.4. The number of nitrogens with zero attached hydrogens (tertiary/aromatic N) is 1. The molecule has 140 valence electrons. The number of primary amides is 1. The van der Waals surface area contributed by atoms with Gasteiger partial charge in [0, 0.05) is 6.54 Å². The van der Waals surface area contributed by atoms with Crippen LogP contribution in [0.4, 0.5) is 0 Å². The molecule has 0 saturated carbocycles. The fourth-order valence-corrected chi connectivity index (χ4v) is 2.50. The van der Waals surface area contributed by atoms with Gasteiger partial charge < -0.3 is 32.1 Å². The van der Waals surface area contributed by atoms with E-state index in [1.807, 2.05) is 0 Å². The van der Waals surface area contributed by atoms with Gasteiger partial charge in [-0.1, -0.05) is 0 Å². The van der Waals surface area contributed by atoms with E-state index in [1.54, 1.807) is 0 Å². The van der Waals surface area contributed by atoms with Crippen LogP contribution >= 0.6 is 0 Å². The van der Waals surface area contributed by atoms with Crippen molar-refractivity contribution >= 4 is 29.6 Å². The van der Waals surface area contributed by atoms with E-state index in [0.29, 0.717) is 19.4 Å². The van der Waals surface area contributed by atoms with Gasteiger partial charge in [0.1, 0.15) is 12.1 Å². The van der Waals surface area contributed by atoms with Crippen molar-refractivity contribution in [3.05, 3.63) is 0 Å². The number of carbonyl (C=O) groups excluding carboxylic acids is 4. The largest absolute Gasteiger partial charge is 0.480 e. The molecular formula is C14H23N5O6. The van der Waals surface area contributed by atoms with Gasteiger partial charge in [0.15, 0.2) is 0 Å². The molecule has 3 unspecified atom stereocenters. The van der Waals surface area contributed by atoms with E-state index in [1.165, 1.54) is 11.8 Å². The molecule has 1 aliphatic heterocycles. The molecule has 7 N–H and O–H groups in total. The topological polar surface area (TPSA) is 185 Å². The van der Waals surface area contributed by atoms with Gasteiger partial charge >= 0.3 is 5.97 Å². The number of carboxylic acids is 1. The third-order valence-electron chi connectivity index (χ3n) is 3.69. The van der Waals surface area contributed by atoms with Crippen LogP contribution in [-0.2, 0) is 24.0 Å². The minimum atomic E-state index is -1.47. The summed E-state index contributed by atoms with van der Waals surface area (Å²) in [4.78, 5) is 58.9. The third kappa shape index (κ3) is 6.03. The fraction of sp³-hybridized carbons (Fsp3) is 0.643. The Morgan fingerprint density at radius 1 is 1.28 bits per heavy atom. The van der Waals surface area contributed by atoms with Crippen LogP contribution in [0.2, 0.25) is 0 Å². The molecule has 0 aliphatic carbocycles. The molecule has 0 bridgehead atoms. The lowest BCUT2D eigenvalue weighted by molar-refractivity contribution is -0.143. The summed E-state index contributed by atoms with van der Waals surface area (Å²) in [6.07, 6.45) is 0.530. The Morgan fingerprint density at radius 2 is 1.92 bits per heavy atom. The number of hydrogen-bond donors (Lipinski definition) is 5. The van der Waals surface area contributed by atoms with Crippen molar-refractivity contribution in [2.24, 2.45) is 11.5 Å². The van der Waals surface area contributed by atoms with E-state index in [4.69, 9.17) is 16.6 Å². The van der Waals surface area contributed by atoms with Crippen LogP contribution < -0.4 is 22.1 Å². The van der Waals surface area contributed by atoms with Gasteiger partial charge in [-0.3, -0.25) is 19.2 Å². The normalized spacial score (nSPS) is 19.0. The number of hydrogen-bond acceptors (Lipinski definition) is 6. The zero-order valence-electron chi connectivity index (χ0n) is 13.9. The SMILES string of the molecule is CC(N)C(=O)N1CCCC1C(=O)NCC(=O)NC(CC(N)=O)C(=O)O. The van der Waals surface area contributed by atoms with E-state index in [0.717, 1.165) is 0 Å². The summed E-state index contributed by atoms with van der Waals surface area (Å²) in [5, 5.41) is 13.3. The Balaban J connectivity index is 2.54. The van der Waals surface area contributed by atoms with Crippen molar-refractivity contribution in [2.75, 3.05) is 13.1 Å². The predicted molar refractivity (Wildman–Crippen MR) is 84.8 cm³/mol. The van der Waals surface area contributed by atoms with Crippen LogP contribution in [0.15, 0.2) is 0 Å². The van der Waals surface area contributed by atoms with E-state index in [9.17, 15) is 24.0 Å². The number of amides is 4. The maximum Gasteiger partial charge on any atom is 0.326 e. The molecule has 0 aromatic rings. The fourth-order valence-electron chi connectivity index (χ4n) is 2.50. The second kappa shape index (κ2) is 8.97. The number of carboxylic acid groups (broad SMARTS) is 1. The molecule has 0 radical (unpaired) electrons. The molecular weight excluding hydrogens is 334 g/mol. The van der Waals surface area contributed by atoms with Crippen LogP contribution in [0.1, 0.15) is 26.2 Å². The number of nitrogens with two attached hydrogens (primary N) is 2. The molecule has 0 spiro atoms. The lowest BCUT2D eigenvalue weighted by Gasteiger charge is -2.25. The highest BCUT2D eigenvalue weighted by Gasteiger charge is 2.35. The van der Waals surface area contributed by atoms with Gasteiger partial charge in [-0.05, 0) is 19.8 Å². The quantitative estimate of drug-likeness (QED) is 0.304. The summed E-state index contributed by atoms with van der Waals surface area (Å²) in [5.41, 5.74) is 10.5. The minimum absolute atomic E-state index is 0.352. The lowest BCUT2D eigenvalue weighted by Crippen LogP contribution is -2.52. The average molecular weight is 357 g/mol. The van der Waals surface area contributed by atoms with Crippen molar-refractivity contribution in [2.45, 2.75) is 44.3 Å². The summed E-state index contributed by atoms with van der Waals surface area (Å²) >= 11 is 0. The number of likely N-dealkylation sites (tertiary alicyclic amines) is 1. The van der Waals surface area contributed by atoms with E-state index in [-0.39, 0.29) is 5.91 Å². The first-order valence-corrected chi connectivity index (χ1v) is 7.77. The van der Waals surface area contributed by atoms with Gasteiger partial charge in [0.25, 0.3) is 0 Å². The van der Waals surface area contributed by atoms with Crippen LogP contribution in [0.3, 0.4) is 0 Å². The average Bonchev–Trinajstić information content (AvgIpc) is 2.99. The molecule has 1 aliphatic rings. The Hall–Kier alpha value is -2.69. The van der Waals surface area contributed by atoms with Gasteiger partial charge in [-0.25, -0.2) is 4.79 Å². The Labute approximate surface area is 144 Å². The predicted octanol–water partition coefficient (Wildman–Crippen LogP) is -3.11. The van der Waals surface area contributed by atoms with Crippen LogP contribution in [0.5, 0.6) is 0 Å². The maximum atomic E-state index is 12.2. The Bertz CT molecular complexity index is 564. The summed E-state index contributed by atoms with van der Waals surface area (Å²) in [7, 11) is 0. The van der Waals surface area contributed by atoms with Crippen molar-refractivity contribution < 1.29 is 29.1 Å².